The highest BCUT2D eigenvalue weighted by Gasteiger charge is 2.05. The number of nitrogens with zero attached hydrogens (tertiary/aromatic N) is 1. The summed E-state index contributed by atoms with van der Waals surface area (Å²) in [6.07, 6.45) is 5.39. The molecule has 2 N–H and O–H groups in total. The number of aromatic nitrogens is 2. The van der Waals surface area contributed by atoms with Crippen molar-refractivity contribution in [2.45, 2.75) is 19.5 Å². The van der Waals surface area contributed by atoms with Crippen molar-refractivity contribution in [1.29, 1.82) is 0 Å². The van der Waals surface area contributed by atoms with E-state index in [0.717, 1.165) is 17.9 Å². The van der Waals surface area contributed by atoms with Crippen molar-refractivity contribution >= 4 is 0 Å². The van der Waals surface area contributed by atoms with Crippen LogP contribution in [-0.4, -0.2) is 10.2 Å². The van der Waals surface area contributed by atoms with E-state index >= 15 is 0 Å². The lowest BCUT2D eigenvalue weighted by atomic mass is 10.2. The van der Waals surface area contributed by atoms with Gasteiger partial charge in [-0.05, 0) is 19.1 Å². The Bertz CT molecular complexity index is 353. The van der Waals surface area contributed by atoms with E-state index in [1.165, 1.54) is 0 Å². The predicted molar refractivity (Wildman–Crippen MR) is 52.6 cm³/mol. The maximum atomic E-state index is 5.22. The Morgan fingerprint density at radius 3 is 3.21 bits per heavy atom. The van der Waals surface area contributed by atoms with Crippen molar-refractivity contribution in [1.82, 2.24) is 15.5 Å². The van der Waals surface area contributed by atoms with Gasteiger partial charge in [-0.3, -0.25) is 5.10 Å². The zero-order chi connectivity index (χ0) is 9.80. The maximum absolute atomic E-state index is 5.22. The first kappa shape index (κ1) is 9.02. The molecule has 0 aliphatic rings. The molecule has 0 aliphatic carbocycles. The first-order valence-corrected chi connectivity index (χ1v) is 4.60. The van der Waals surface area contributed by atoms with Crippen molar-refractivity contribution in [3.8, 4) is 0 Å². The van der Waals surface area contributed by atoms with E-state index in [0.29, 0.717) is 0 Å². The van der Waals surface area contributed by atoms with Crippen molar-refractivity contribution < 1.29 is 4.42 Å². The van der Waals surface area contributed by atoms with Crippen LogP contribution in [0.4, 0.5) is 0 Å². The molecule has 14 heavy (non-hydrogen) atoms. The fourth-order valence-electron chi connectivity index (χ4n) is 1.28. The van der Waals surface area contributed by atoms with Gasteiger partial charge in [0.1, 0.15) is 5.76 Å². The number of nitrogens with one attached hydrogen (secondary N) is 2. The van der Waals surface area contributed by atoms with Crippen LogP contribution < -0.4 is 5.32 Å². The predicted octanol–water partition coefficient (Wildman–Crippen LogP) is 1.85. The van der Waals surface area contributed by atoms with E-state index < -0.39 is 0 Å². The van der Waals surface area contributed by atoms with Crippen LogP contribution in [-0.2, 0) is 6.54 Å². The number of furan rings is 1. The maximum Gasteiger partial charge on any atom is 0.117 e. The van der Waals surface area contributed by atoms with E-state index in [4.69, 9.17) is 4.42 Å². The zero-order valence-corrected chi connectivity index (χ0v) is 8.03. The molecule has 2 aromatic rings. The van der Waals surface area contributed by atoms with Gasteiger partial charge < -0.3 is 9.73 Å². The first-order valence-electron chi connectivity index (χ1n) is 4.60. The number of aromatic amines is 1. The molecule has 0 bridgehead atoms. The normalized spacial score (nSPS) is 12.9. The van der Waals surface area contributed by atoms with Crippen LogP contribution in [0.5, 0.6) is 0 Å². The number of H-pyrrole nitrogens is 1. The Labute approximate surface area is 82.3 Å². The molecule has 2 rings (SSSR count). The van der Waals surface area contributed by atoms with E-state index in [1.54, 1.807) is 6.26 Å². The Balaban J connectivity index is 1.87. The molecule has 0 saturated carbocycles. The Kier molecular flexibility index (Phi) is 2.65. The van der Waals surface area contributed by atoms with Gasteiger partial charge in [0, 0.05) is 17.8 Å². The summed E-state index contributed by atoms with van der Waals surface area (Å²) in [7, 11) is 0. The molecule has 0 aromatic carbocycles. The second kappa shape index (κ2) is 4.11. The van der Waals surface area contributed by atoms with E-state index in [-0.39, 0.29) is 6.04 Å². The summed E-state index contributed by atoms with van der Waals surface area (Å²) in [5, 5.41) is 10.0. The zero-order valence-electron chi connectivity index (χ0n) is 8.03. The molecular formula is C10H13N3O. The molecule has 0 spiro atoms. The van der Waals surface area contributed by atoms with Crippen molar-refractivity contribution in [3.05, 3.63) is 42.1 Å². The summed E-state index contributed by atoms with van der Waals surface area (Å²) < 4.78 is 5.22. The highest BCUT2D eigenvalue weighted by molar-refractivity contribution is 5.08. The molecule has 1 atom stereocenters. The van der Waals surface area contributed by atoms with E-state index in [2.05, 4.69) is 22.4 Å². The van der Waals surface area contributed by atoms with Gasteiger partial charge in [0.05, 0.1) is 19.0 Å². The van der Waals surface area contributed by atoms with Gasteiger partial charge in [0.25, 0.3) is 0 Å². The molecule has 4 heteroatoms. The SMILES string of the molecule is CC(NCc1ccco1)c1cn[nH]c1. The third-order valence-electron chi connectivity index (χ3n) is 2.18. The summed E-state index contributed by atoms with van der Waals surface area (Å²) in [6, 6.07) is 4.12. The molecule has 0 amide bonds. The highest BCUT2D eigenvalue weighted by atomic mass is 16.3. The monoisotopic (exact) mass is 191 g/mol. The second-order valence-electron chi connectivity index (χ2n) is 3.21. The Morgan fingerprint density at radius 2 is 2.57 bits per heavy atom. The average Bonchev–Trinajstić information content (AvgIpc) is 2.87. The molecule has 0 radical (unpaired) electrons. The first-order chi connectivity index (χ1) is 6.86. The minimum absolute atomic E-state index is 0.277. The lowest BCUT2D eigenvalue weighted by molar-refractivity contribution is 0.460. The second-order valence-corrected chi connectivity index (χ2v) is 3.21. The number of rotatable bonds is 4. The average molecular weight is 191 g/mol. The van der Waals surface area contributed by atoms with Gasteiger partial charge in [0.2, 0.25) is 0 Å². The van der Waals surface area contributed by atoms with Crippen LogP contribution in [0, 0.1) is 0 Å². The van der Waals surface area contributed by atoms with Gasteiger partial charge in [0.15, 0.2) is 0 Å². The van der Waals surface area contributed by atoms with E-state index in [1.807, 2.05) is 24.5 Å². The molecule has 0 fully saturated rings. The van der Waals surface area contributed by atoms with Crippen LogP contribution in [0.25, 0.3) is 0 Å². The third-order valence-corrected chi connectivity index (χ3v) is 2.18. The molecule has 2 aromatic heterocycles. The summed E-state index contributed by atoms with van der Waals surface area (Å²) in [5.74, 6) is 0.945. The van der Waals surface area contributed by atoms with Crippen molar-refractivity contribution in [2.75, 3.05) is 0 Å². The van der Waals surface area contributed by atoms with Gasteiger partial charge in [-0.15, -0.1) is 0 Å². The Morgan fingerprint density at radius 1 is 1.64 bits per heavy atom. The number of hydrogen-bond acceptors (Lipinski definition) is 3. The van der Waals surface area contributed by atoms with Crippen molar-refractivity contribution in [2.24, 2.45) is 0 Å². The minimum atomic E-state index is 0.277. The van der Waals surface area contributed by atoms with Crippen LogP contribution in [0.15, 0.2) is 35.2 Å². The summed E-state index contributed by atoms with van der Waals surface area (Å²) in [5.41, 5.74) is 1.15. The number of hydrogen-bond donors (Lipinski definition) is 2. The van der Waals surface area contributed by atoms with E-state index in [9.17, 15) is 0 Å². The molecule has 4 nitrogen and oxygen atoms in total. The van der Waals surface area contributed by atoms with Crippen LogP contribution in [0.1, 0.15) is 24.3 Å². The molecular weight excluding hydrogens is 178 g/mol. The molecule has 2 heterocycles. The van der Waals surface area contributed by atoms with Crippen LogP contribution in [0.3, 0.4) is 0 Å². The summed E-state index contributed by atoms with van der Waals surface area (Å²) in [6.45, 7) is 2.83. The van der Waals surface area contributed by atoms with Gasteiger partial charge in [-0.1, -0.05) is 0 Å². The van der Waals surface area contributed by atoms with Gasteiger partial charge in [-0.25, -0.2) is 0 Å². The smallest absolute Gasteiger partial charge is 0.117 e. The summed E-state index contributed by atoms with van der Waals surface area (Å²) >= 11 is 0. The van der Waals surface area contributed by atoms with Gasteiger partial charge >= 0.3 is 0 Å². The lowest BCUT2D eigenvalue weighted by Crippen LogP contribution is -2.17. The fraction of sp³-hybridized carbons (Fsp3) is 0.300. The standard InChI is InChI=1S/C10H13N3O/c1-8(9-5-12-13-6-9)11-7-10-3-2-4-14-10/h2-6,8,11H,7H2,1H3,(H,12,13). The Hall–Kier alpha value is -1.55. The molecule has 74 valence electrons. The minimum Gasteiger partial charge on any atom is -0.468 e. The van der Waals surface area contributed by atoms with Crippen LogP contribution in [0.2, 0.25) is 0 Å². The van der Waals surface area contributed by atoms with Crippen molar-refractivity contribution in [3.63, 3.8) is 0 Å². The largest absolute Gasteiger partial charge is 0.468 e. The lowest BCUT2D eigenvalue weighted by Gasteiger charge is -2.09. The fourth-order valence-corrected chi connectivity index (χ4v) is 1.28. The van der Waals surface area contributed by atoms with Crippen LogP contribution >= 0.6 is 0 Å². The quantitative estimate of drug-likeness (QED) is 0.775. The highest BCUT2D eigenvalue weighted by Crippen LogP contribution is 2.10. The molecule has 0 aliphatic heterocycles. The topological polar surface area (TPSA) is 53.9 Å². The molecule has 1 unspecified atom stereocenters. The third kappa shape index (κ3) is 2.03. The molecule has 0 saturated heterocycles. The summed E-state index contributed by atoms with van der Waals surface area (Å²) in [4.78, 5) is 0. The van der Waals surface area contributed by atoms with Gasteiger partial charge in [-0.2, -0.15) is 5.10 Å².